The number of nitrogens with zero attached hydrogens (tertiary/aromatic N) is 1. The van der Waals surface area contributed by atoms with Gasteiger partial charge in [0.2, 0.25) is 21.8 Å². The summed E-state index contributed by atoms with van der Waals surface area (Å²) in [6.07, 6.45) is 0. The average Bonchev–Trinajstić information content (AvgIpc) is 2.47. The van der Waals surface area contributed by atoms with Gasteiger partial charge in [-0.25, -0.2) is 8.42 Å². The maximum absolute atomic E-state index is 12.3. The summed E-state index contributed by atoms with van der Waals surface area (Å²) in [5, 5.41) is 5.43. The van der Waals surface area contributed by atoms with Crippen LogP contribution >= 0.6 is 11.6 Å². The molecule has 128 valence electrons. The summed E-state index contributed by atoms with van der Waals surface area (Å²) < 4.78 is 25.6. The van der Waals surface area contributed by atoms with Crippen molar-refractivity contribution in [1.82, 2.24) is 14.9 Å². The van der Waals surface area contributed by atoms with Crippen LogP contribution in [-0.2, 0) is 19.6 Å². The number of carbonyl (C=O) groups is 2. The Balaban J connectivity index is 2.70. The molecule has 2 N–H and O–H groups in total. The van der Waals surface area contributed by atoms with Crippen LogP contribution < -0.4 is 10.6 Å². The first-order chi connectivity index (χ1) is 10.7. The number of nitrogens with one attached hydrogen (secondary N) is 2. The molecule has 0 fully saturated rings. The SMILES string of the molecule is CCNC(=O)[C@H](C)NC(=O)CN(C)S(=O)(=O)c1ccc(Cl)cc1. The van der Waals surface area contributed by atoms with Crippen molar-refractivity contribution in [2.75, 3.05) is 20.1 Å². The Morgan fingerprint density at radius 2 is 1.83 bits per heavy atom. The van der Waals surface area contributed by atoms with Crippen LogP contribution in [0.3, 0.4) is 0 Å². The van der Waals surface area contributed by atoms with Crippen molar-refractivity contribution >= 4 is 33.4 Å². The van der Waals surface area contributed by atoms with E-state index in [9.17, 15) is 18.0 Å². The van der Waals surface area contributed by atoms with E-state index in [1.54, 1.807) is 6.92 Å². The molecule has 0 aliphatic heterocycles. The third-order valence-corrected chi connectivity index (χ3v) is 5.08. The van der Waals surface area contributed by atoms with Crippen molar-refractivity contribution in [3.63, 3.8) is 0 Å². The zero-order valence-corrected chi connectivity index (χ0v) is 14.7. The number of amides is 2. The zero-order chi connectivity index (χ0) is 17.6. The van der Waals surface area contributed by atoms with E-state index in [0.29, 0.717) is 11.6 Å². The molecule has 23 heavy (non-hydrogen) atoms. The molecule has 0 aromatic heterocycles. The molecule has 0 radical (unpaired) electrons. The number of hydrogen-bond acceptors (Lipinski definition) is 4. The van der Waals surface area contributed by atoms with Gasteiger partial charge in [-0.2, -0.15) is 4.31 Å². The van der Waals surface area contributed by atoms with Gasteiger partial charge >= 0.3 is 0 Å². The van der Waals surface area contributed by atoms with Crippen molar-refractivity contribution in [1.29, 1.82) is 0 Å². The standard InChI is InChI=1S/C14H20ClN3O4S/c1-4-16-14(20)10(2)17-13(19)9-18(3)23(21,22)12-7-5-11(15)6-8-12/h5-8,10H,4,9H2,1-3H3,(H,16,20)(H,17,19)/t10-/m0/s1. The molecule has 0 spiro atoms. The molecule has 2 amide bonds. The zero-order valence-electron chi connectivity index (χ0n) is 13.2. The second-order valence-corrected chi connectivity index (χ2v) is 7.38. The van der Waals surface area contributed by atoms with Gasteiger partial charge in [0.25, 0.3) is 0 Å². The van der Waals surface area contributed by atoms with E-state index in [2.05, 4.69) is 10.6 Å². The average molecular weight is 362 g/mol. The molecule has 0 heterocycles. The monoisotopic (exact) mass is 361 g/mol. The molecule has 0 saturated carbocycles. The molecule has 0 bridgehead atoms. The highest BCUT2D eigenvalue weighted by Crippen LogP contribution is 2.17. The number of likely N-dealkylation sites (N-methyl/N-ethyl adjacent to an activating group) is 2. The van der Waals surface area contributed by atoms with Gasteiger partial charge in [0, 0.05) is 18.6 Å². The summed E-state index contributed by atoms with van der Waals surface area (Å²) in [6.45, 7) is 3.34. The Labute approximate surface area is 141 Å². The minimum absolute atomic E-state index is 0.0361. The maximum atomic E-state index is 12.3. The van der Waals surface area contributed by atoms with Crippen molar-refractivity contribution in [2.24, 2.45) is 0 Å². The molecule has 0 unspecified atom stereocenters. The van der Waals surface area contributed by atoms with Crippen molar-refractivity contribution in [3.05, 3.63) is 29.3 Å². The summed E-state index contributed by atoms with van der Waals surface area (Å²) in [6, 6.07) is 4.90. The molecule has 1 atom stereocenters. The molecule has 0 aliphatic carbocycles. The molecule has 0 saturated heterocycles. The lowest BCUT2D eigenvalue weighted by Gasteiger charge is -2.19. The number of rotatable bonds is 7. The highest BCUT2D eigenvalue weighted by molar-refractivity contribution is 7.89. The van der Waals surface area contributed by atoms with Gasteiger partial charge in [-0.05, 0) is 38.1 Å². The topological polar surface area (TPSA) is 95.6 Å². The van der Waals surface area contributed by atoms with E-state index in [0.717, 1.165) is 4.31 Å². The van der Waals surface area contributed by atoms with E-state index in [4.69, 9.17) is 11.6 Å². The first kappa shape index (κ1) is 19.4. The van der Waals surface area contributed by atoms with Gasteiger partial charge in [0.1, 0.15) is 6.04 Å². The molecule has 7 nitrogen and oxygen atoms in total. The largest absolute Gasteiger partial charge is 0.355 e. The summed E-state index contributed by atoms with van der Waals surface area (Å²) in [7, 11) is -2.51. The minimum atomic E-state index is -3.80. The molecule has 1 rings (SSSR count). The predicted molar refractivity (Wildman–Crippen MR) is 87.6 cm³/mol. The lowest BCUT2D eigenvalue weighted by molar-refractivity contribution is -0.128. The molecular weight excluding hydrogens is 342 g/mol. The molecule has 1 aromatic carbocycles. The van der Waals surface area contributed by atoms with Crippen LogP contribution in [-0.4, -0.2) is 50.7 Å². The first-order valence-corrected chi connectivity index (χ1v) is 8.79. The fourth-order valence-corrected chi connectivity index (χ4v) is 3.01. The third-order valence-electron chi connectivity index (χ3n) is 3.01. The van der Waals surface area contributed by atoms with E-state index < -0.39 is 28.5 Å². The Kier molecular flexibility index (Phi) is 6.99. The van der Waals surface area contributed by atoms with Crippen LogP contribution in [0, 0.1) is 0 Å². The number of benzene rings is 1. The number of hydrogen-bond donors (Lipinski definition) is 2. The van der Waals surface area contributed by atoms with Gasteiger partial charge in [-0.1, -0.05) is 11.6 Å². The molecule has 1 aromatic rings. The van der Waals surface area contributed by atoms with Crippen molar-refractivity contribution < 1.29 is 18.0 Å². The number of carbonyl (C=O) groups excluding carboxylic acids is 2. The number of halogens is 1. The second-order valence-electron chi connectivity index (χ2n) is 4.90. The van der Waals surface area contributed by atoms with Gasteiger partial charge in [0.15, 0.2) is 0 Å². The summed E-state index contributed by atoms with van der Waals surface area (Å²) in [4.78, 5) is 23.5. The van der Waals surface area contributed by atoms with E-state index >= 15 is 0 Å². The molecular formula is C14H20ClN3O4S. The first-order valence-electron chi connectivity index (χ1n) is 6.97. The highest BCUT2D eigenvalue weighted by Gasteiger charge is 2.24. The van der Waals surface area contributed by atoms with Crippen LogP contribution in [0.25, 0.3) is 0 Å². The summed E-state index contributed by atoms with van der Waals surface area (Å²) in [5.41, 5.74) is 0. The van der Waals surface area contributed by atoms with E-state index in [-0.39, 0.29) is 10.8 Å². The van der Waals surface area contributed by atoms with Crippen molar-refractivity contribution in [2.45, 2.75) is 24.8 Å². The van der Waals surface area contributed by atoms with E-state index in [1.165, 1.54) is 38.2 Å². The van der Waals surface area contributed by atoms with Crippen LogP contribution in [0.1, 0.15) is 13.8 Å². The normalized spacial score (nSPS) is 12.7. The quantitative estimate of drug-likeness (QED) is 0.743. The Morgan fingerprint density at radius 3 is 2.35 bits per heavy atom. The second kappa shape index (κ2) is 8.28. The molecule has 9 heteroatoms. The summed E-state index contributed by atoms with van der Waals surface area (Å²) in [5.74, 6) is -0.896. The highest BCUT2D eigenvalue weighted by atomic mass is 35.5. The van der Waals surface area contributed by atoms with Crippen LogP contribution in [0.4, 0.5) is 0 Å². The Bertz CT molecular complexity index is 661. The Hall–Kier alpha value is -1.64. The van der Waals surface area contributed by atoms with Gasteiger partial charge in [0.05, 0.1) is 11.4 Å². The third kappa shape index (κ3) is 5.49. The number of sulfonamides is 1. The van der Waals surface area contributed by atoms with Gasteiger partial charge in [-0.15, -0.1) is 0 Å². The van der Waals surface area contributed by atoms with Crippen LogP contribution in [0.15, 0.2) is 29.2 Å². The van der Waals surface area contributed by atoms with E-state index in [1.807, 2.05) is 0 Å². The van der Waals surface area contributed by atoms with Crippen LogP contribution in [0.2, 0.25) is 5.02 Å². The Morgan fingerprint density at radius 1 is 1.26 bits per heavy atom. The van der Waals surface area contributed by atoms with Crippen LogP contribution in [0.5, 0.6) is 0 Å². The predicted octanol–water partition coefficient (Wildman–Crippen LogP) is 0.601. The lowest BCUT2D eigenvalue weighted by atomic mass is 10.3. The lowest BCUT2D eigenvalue weighted by Crippen LogP contribution is -2.48. The van der Waals surface area contributed by atoms with Crippen molar-refractivity contribution in [3.8, 4) is 0 Å². The smallest absolute Gasteiger partial charge is 0.243 e. The van der Waals surface area contributed by atoms with Gasteiger partial charge < -0.3 is 10.6 Å². The fraction of sp³-hybridized carbons (Fsp3) is 0.429. The minimum Gasteiger partial charge on any atom is -0.355 e. The molecule has 0 aliphatic rings. The van der Waals surface area contributed by atoms with Gasteiger partial charge in [-0.3, -0.25) is 9.59 Å². The summed E-state index contributed by atoms with van der Waals surface area (Å²) >= 11 is 5.73. The maximum Gasteiger partial charge on any atom is 0.243 e. The fourth-order valence-electron chi connectivity index (χ4n) is 1.75.